The minimum atomic E-state index is -0.534. The first kappa shape index (κ1) is 16.7. The van der Waals surface area contributed by atoms with Crippen molar-refractivity contribution in [2.45, 2.75) is 51.3 Å². The number of quaternary nitrogens is 1. The summed E-state index contributed by atoms with van der Waals surface area (Å²) in [5, 5.41) is 20.8. The molecule has 2 N–H and O–H groups in total. The molecule has 22 heavy (non-hydrogen) atoms. The van der Waals surface area contributed by atoms with E-state index in [-0.39, 0.29) is 12.3 Å². The van der Waals surface area contributed by atoms with E-state index in [2.05, 4.69) is 13.8 Å². The van der Waals surface area contributed by atoms with Crippen LogP contribution in [0.15, 0.2) is 24.3 Å². The van der Waals surface area contributed by atoms with Gasteiger partial charge in [-0.1, -0.05) is 0 Å². The molecule has 6 heteroatoms. The van der Waals surface area contributed by atoms with Gasteiger partial charge in [0.05, 0.1) is 17.0 Å². The molecule has 0 aromatic heterocycles. The summed E-state index contributed by atoms with van der Waals surface area (Å²) in [7, 11) is 0. The second kappa shape index (κ2) is 7.56. The molecule has 1 aromatic rings. The number of nitrogens with zero attached hydrogens (tertiary/aromatic N) is 1. The predicted octanol–water partition coefficient (Wildman–Crippen LogP) is 1.18. The fourth-order valence-electron chi connectivity index (χ4n) is 3.18. The first-order chi connectivity index (χ1) is 10.5. The SMILES string of the molecule is C[C@H]1CCC[C@H](C)[NH+]1C[C@H](O)COc1ccc([N+](=O)[O-])cc1. The second-order valence-corrected chi connectivity index (χ2v) is 6.23. The molecule has 122 valence electrons. The summed E-state index contributed by atoms with van der Waals surface area (Å²) in [5.74, 6) is 0.541. The Kier molecular flexibility index (Phi) is 5.74. The van der Waals surface area contributed by atoms with Crippen LogP contribution in [0.25, 0.3) is 0 Å². The minimum absolute atomic E-state index is 0.0355. The lowest BCUT2D eigenvalue weighted by atomic mass is 9.97. The Bertz CT molecular complexity index is 481. The Hall–Kier alpha value is -1.66. The number of nitro groups is 1. The smallest absolute Gasteiger partial charge is 0.269 e. The molecule has 1 saturated heterocycles. The molecule has 6 nitrogen and oxygen atoms in total. The number of piperidine rings is 1. The highest BCUT2D eigenvalue weighted by Gasteiger charge is 2.30. The van der Waals surface area contributed by atoms with Crippen molar-refractivity contribution in [3.63, 3.8) is 0 Å². The van der Waals surface area contributed by atoms with E-state index >= 15 is 0 Å². The summed E-state index contributed by atoms with van der Waals surface area (Å²) < 4.78 is 5.53. The van der Waals surface area contributed by atoms with E-state index in [9.17, 15) is 15.2 Å². The standard InChI is InChI=1S/C16H24N2O4/c1-12-4-3-5-13(2)17(12)10-15(19)11-22-16-8-6-14(7-9-16)18(20)21/h6-9,12-13,15,19H,3-5,10-11H2,1-2H3/p+1/t12-,13-,15-/m0/s1. The van der Waals surface area contributed by atoms with E-state index < -0.39 is 11.0 Å². The summed E-state index contributed by atoms with van der Waals surface area (Å²) in [5.41, 5.74) is 0.0355. The summed E-state index contributed by atoms with van der Waals surface area (Å²) in [6, 6.07) is 7.06. The molecule has 0 saturated carbocycles. The number of non-ortho nitro benzene ring substituents is 1. The van der Waals surface area contributed by atoms with E-state index in [0.29, 0.717) is 24.4 Å². The van der Waals surface area contributed by atoms with Gasteiger partial charge in [0.15, 0.2) is 0 Å². The number of nitrogens with one attached hydrogen (secondary N) is 1. The molecular formula is C16H25N2O4+. The van der Waals surface area contributed by atoms with Gasteiger partial charge in [-0.15, -0.1) is 0 Å². The molecule has 2 rings (SSSR count). The summed E-state index contributed by atoms with van der Waals surface area (Å²) in [6.07, 6.45) is 3.14. The maximum atomic E-state index is 10.6. The number of aliphatic hydroxyl groups excluding tert-OH is 1. The van der Waals surface area contributed by atoms with Gasteiger partial charge in [-0.25, -0.2) is 0 Å². The van der Waals surface area contributed by atoms with Crippen molar-refractivity contribution in [1.82, 2.24) is 0 Å². The van der Waals surface area contributed by atoms with Crippen LogP contribution in [-0.4, -0.2) is 41.4 Å². The Balaban J connectivity index is 1.81. The molecule has 0 radical (unpaired) electrons. The number of hydrogen-bond donors (Lipinski definition) is 2. The van der Waals surface area contributed by atoms with Crippen LogP contribution in [0, 0.1) is 10.1 Å². The van der Waals surface area contributed by atoms with E-state index in [1.807, 2.05) is 0 Å². The third kappa shape index (κ3) is 4.42. The first-order valence-corrected chi connectivity index (χ1v) is 7.88. The second-order valence-electron chi connectivity index (χ2n) is 6.23. The van der Waals surface area contributed by atoms with Crippen LogP contribution in [0.2, 0.25) is 0 Å². The van der Waals surface area contributed by atoms with Gasteiger partial charge in [0, 0.05) is 12.1 Å². The highest BCUT2D eigenvalue weighted by Crippen LogP contribution is 2.17. The molecule has 0 spiro atoms. The van der Waals surface area contributed by atoms with Gasteiger partial charge in [-0.2, -0.15) is 0 Å². The van der Waals surface area contributed by atoms with Crippen LogP contribution >= 0.6 is 0 Å². The van der Waals surface area contributed by atoms with Crippen molar-refractivity contribution >= 4 is 5.69 Å². The van der Waals surface area contributed by atoms with Crippen molar-refractivity contribution in [2.24, 2.45) is 0 Å². The highest BCUT2D eigenvalue weighted by molar-refractivity contribution is 5.35. The van der Waals surface area contributed by atoms with Crippen molar-refractivity contribution in [1.29, 1.82) is 0 Å². The maximum absolute atomic E-state index is 10.6. The number of aliphatic hydroxyl groups is 1. The van der Waals surface area contributed by atoms with E-state index in [1.54, 1.807) is 12.1 Å². The average Bonchev–Trinajstić information content (AvgIpc) is 2.49. The maximum Gasteiger partial charge on any atom is 0.269 e. The number of likely N-dealkylation sites (tertiary alicyclic amines) is 1. The van der Waals surface area contributed by atoms with Crippen molar-refractivity contribution in [3.05, 3.63) is 34.4 Å². The Morgan fingerprint density at radius 1 is 1.32 bits per heavy atom. The largest absolute Gasteiger partial charge is 0.491 e. The summed E-state index contributed by atoms with van der Waals surface area (Å²) in [6.45, 7) is 5.35. The number of benzene rings is 1. The molecule has 1 fully saturated rings. The lowest BCUT2D eigenvalue weighted by Crippen LogP contribution is -3.20. The minimum Gasteiger partial charge on any atom is -0.491 e. The van der Waals surface area contributed by atoms with Gasteiger partial charge in [0.1, 0.15) is 25.0 Å². The van der Waals surface area contributed by atoms with Crippen LogP contribution < -0.4 is 9.64 Å². The third-order valence-corrected chi connectivity index (χ3v) is 4.50. The van der Waals surface area contributed by atoms with E-state index in [1.165, 1.54) is 36.3 Å². The lowest BCUT2D eigenvalue weighted by molar-refractivity contribution is -0.954. The van der Waals surface area contributed by atoms with Gasteiger partial charge >= 0.3 is 0 Å². The Morgan fingerprint density at radius 2 is 1.91 bits per heavy atom. The van der Waals surface area contributed by atoms with E-state index in [0.717, 1.165) is 0 Å². The molecule has 1 heterocycles. The predicted molar refractivity (Wildman–Crippen MR) is 83.2 cm³/mol. The van der Waals surface area contributed by atoms with Crippen LogP contribution in [0.4, 0.5) is 5.69 Å². The summed E-state index contributed by atoms with van der Waals surface area (Å²) in [4.78, 5) is 11.6. The van der Waals surface area contributed by atoms with Crippen molar-refractivity contribution in [2.75, 3.05) is 13.2 Å². The van der Waals surface area contributed by atoms with E-state index in [4.69, 9.17) is 4.74 Å². The summed E-state index contributed by atoms with van der Waals surface area (Å²) >= 11 is 0. The zero-order valence-corrected chi connectivity index (χ0v) is 13.2. The molecular weight excluding hydrogens is 284 g/mol. The zero-order chi connectivity index (χ0) is 16.1. The van der Waals surface area contributed by atoms with Crippen LogP contribution in [0.5, 0.6) is 5.75 Å². The average molecular weight is 309 g/mol. The number of ether oxygens (including phenoxy) is 1. The van der Waals surface area contributed by atoms with Crippen molar-refractivity contribution in [3.8, 4) is 5.75 Å². The Morgan fingerprint density at radius 3 is 2.45 bits per heavy atom. The number of hydrogen-bond acceptors (Lipinski definition) is 4. The highest BCUT2D eigenvalue weighted by atomic mass is 16.6. The molecule has 1 aliphatic rings. The Labute approximate surface area is 130 Å². The molecule has 0 aliphatic carbocycles. The normalized spacial score (nSPS) is 24.0. The van der Waals surface area contributed by atoms with Gasteiger partial charge in [-0.3, -0.25) is 10.1 Å². The first-order valence-electron chi connectivity index (χ1n) is 7.88. The molecule has 0 unspecified atom stereocenters. The number of nitro benzene ring substituents is 1. The monoisotopic (exact) mass is 309 g/mol. The lowest BCUT2D eigenvalue weighted by Gasteiger charge is -2.36. The van der Waals surface area contributed by atoms with Crippen LogP contribution in [0.1, 0.15) is 33.1 Å². The van der Waals surface area contributed by atoms with Crippen LogP contribution in [-0.2, 0) is 0 Å². The van der Waals surface area contributed by atoms with Crippen molar-refractivity contribution < 1.29 is 19.7 Å². The van der Waals surface area contributed by atoms with Gasteiger partial charge < -0.3 is 14.7 Å². The number of rotatable bonds is 6. The quantitative estimate of drug-likeness (QED) is 0.611. The molecule has 1 aliphatic heterocycles. The van der Waals surface area contributed by atoms with Crippen LogP contribution in [0.3, 0.4) is 0 Å². The van der Waals surface area contributed by atoms with Gasteiger partial charge in [-0.05, 0) is 45.2 Å². The molecule has 1 aromatic carbocycles. The fourth-order valence-corrected chi connectivity index (χ4v) is 3.18. The topological polar surface area (TPSA) is 77.0 Å². The van der Waals surface area contributed by atoms with Gasteiger partial charge in [0.2, 0.25) is 0 Å². The zero-order valence-electron chi connectivity index (χ0n) is 13.2. The molecule has 3 atom stereocenters. The fraction of sp³-hybridized carbons (Fsp3) is 0.625. The third-order valence-electron chi connectivity index (χ3n) is 4.50. The molecule has 0 amide bonds. The van der Waals surface area contributed by atoms with Gasteiger partial charge in [0.25, 0.3) is 5.69 Å². The molecule has 0 bridgehead atoms.